The lowest BCUT2D eigenvalue weighted by Crippen LogP contribution is -2.68. The number of anilines is 1. The summed E-state index contributed by atoms with van der Waals surface area (Å²) in [7, 11) is -4.58. The fraction of sp³-hybridized carbons (Fsp3) is 0.333. The number of fused-ring (bicyclic) bond motifs is 1. The Morgan fingerprint density at radius 3 is 2.50 bits per heavy atom. The quantitative estimate of drug-likeness (QED) is 0.399. The molecule has 2 aliphatic rings. The summed E-state index contributed by atoms with van der Waals surface area (Å²) in [5.41, 5.74) is 0.435. The summed E-state index contributed by atoms with van der Waals surface area (Å²) in [6, 6.07) is 3.66. The van der Waals surface area contributed by atoms with E-state index >= 15 is 0 Å². The number of carbonyl (C=O) groups is 2. The molecule has 3 N–H and O–H groups in total. The Morgan fingerprint density at radius 2 is 1.91 bits per heavy atom. The van der Waals surface area contributed by atoms with Gasteiger partial charge in [0, 0.05) is 12.2 Å². The van der Waals surface area contributed by atoms with Crippen molar-refractivity contribution in [1.82, 2.24) is 9.21 Å². The molecule has 0 bridgehead atoms. The molecule has 118 valence electrons. The maximum Gasteiger partial charge on any atom is 0.362 e. The first kappa shape index (κ1) is 14.6. The number of urea groups is 1. The molecule has 3 rings (SSSR count). The number of carbonyl (C=O) groups excluding carboxylic acids is 2. The molecule has 1 aromatic rings. The molecular weight excluding hydrogens is 314 g/mol. The second-order valence-corrected chi connectivity index (χ2v) is 6.37. The van der Waals surface area contributed by atoms with Crippen molar-refractivity contribution in [2.24, 2.45) is 0 Å². The highest BCUT2D eigenvalue weighted by Gasteiger charge is 2.60. The van der Waals surface area contributed by atoms with E-state index in [9.17, 15) is 23.1 Å². The summed E-state index contributed by atoms with van der Waals surface area (Å²) in [5.74, 6) is -0.761. The fourth-order valence-corrected chi connectivity index (χ4v) is 3.68. The van der Waals surface area contributed by atoms with E-state index in [1.807, 2.05) is 0 Å². The zero-order valence-electron chi connectivity index (χ0n) is 11.2. The minimum Gasteiger partial charge on any atom is -0.508 e. The Morgan fingerprint density at radius 1 is 1.27 bits per heavy atom. The van der Waals surface area contributed by atoms with Crippen LogP contribution in [0.5, 0.6) is 5.75 Å². The van der Waals surface area contributed by atoms with Gasteiger partial charge in [-0.05, 0) is 30.7 Å². The first-order valence-corrected chi connectivity index (χ1v) is 7.86. The second-order valence-electron chi connectivity index (χ2n) is 5.08. The molecule has 0 spiro atoms. The molecule has 0 unspecified atom stereocenters. The van der Waals surface area contributed by atoms with Crippen LogP contribution in [0.25, 0.3) is 0 Å². The zero-order chi connectivity index (χ0) is 16.1. The third-order valence-corrected chi connectivity index (χ3v) is 4.71. The number of amides is 3. The first-order valence-electron chi connectivity index (χ1n) is 6.46. The van der Waals surface area contributed by atoms with Crippen LogP contribution >= 0.6 is 0 Å². The molecule has 10 heteroatoms. The Bertz CT molecular complexity index is 732. The number of rotatable bonds is 2. The van der Waals surface area contributed by atoms with Crippen LogP contribution in [0.15, 0.2) is 24.3 Å². The average molecular weight is 327 g/mol. The second kappa shape index (κ2) is 4.85. The Labute approximate surface area is 126 Å². The van der Waals surface area contributed by atoms with Gasteiger partial charge < -0.3 is 15.3 Å². The Balaban J connectivity index is 1.71. The number of phenolic OH excluding ortho intramolecular Hbond substituents is 1. The number of aromatic hydroxyl groups is 1. The highest BCUT2D eigenvalue weighted by molar-refractivity contribution is 7.84. The van der Waals surface area contributed by atoms with E-state index in [1.54, 1.807) is 0 Å². The van der Waals surface area contributed by atoms with Crippen LogP contribution < -0.4 is 5.32 Å². The Hall–Kier alpha value is -2.33. The predicted octanol–water partition coefficient (Wildman–Crippen LogP) is 0.0120. The van der Waals surface area contributed by atoms with E-state index < -0.39 is 34.3 Å². The molecule has 0 radical (unpaired) electrons. The lowest BCUT2D eigenvalue weighted by Gasteiger charge is -2.42. The molecule has 2 atom stereocenters. The topological polar surface area (TPSA) is 127 Å². The summed E-state index contributed by atoms with van der Waals surface area (Å²) < 4.78 is 31.6. The standard InChI is InChI=1S/C12H13N3O6S/c16-8-3-1-7(2-4-8)13-12(18)14-6-5-9-10(14)11(17)15(9)22(19,20)21/h1-4,9-10,16H,5-6H2,(H,13,18)(H,19,20,21)/t9-,10+/m1/s1. The van der Waals surface area contributed by atoms with Gasteiger partial charge in [0.2, 0.25) is 0 Å². The molecule has 0 aliphatic carbocycles. The molecule has 9 nitrogen and oxygen atoms in total. The zero-order valence-corrected chi connectivity index (χ0v) is 12.0. The molecule has 0 saturated carbocycles. The van der Waals surface area contributed by atoms with Crippen LogP contribution in [-0.2, 0) is 15.1 Å². The molecule has 2 aliphatic heterocycles. The van der Waals surface area contributed by atoms with Crippen molar-refractivity contribution in [1.29, 1.82) is 0 Å². The van der Waals surface area contributed by atoms with Gasteiger partial charge >= 0.3 is 16.3 Å². The van der Waals surface area contributed by atoms with Gasteiger partial charge in [0.05, 0.1) is 6.04 Å². The monoisotopic (exact) mass is 327 g/mol. The van der Waals surface area contributed by atoms with E-state index in [0.717, 1.165) is 0 Å². The largest absolute Gasteiger partial charge is 0.508 e. The van der Waals surface area contributed by atoms with Crippen LogP contribution in [0.2, 0.25) is 0 Å². The normalized spacial score (nSPS) is 24.0. The number of likely N-dealkylation sites (tertiary alicyclic amines) is 1. The molecular formula is C12H13N3O6S. The molecule has 22 heavy (non-hydrogen) atoms. The van der Waals surface area contributed by atoms with E-state index in [1.165, 1.54) is 29.2 Å². The molecule has 3 amide bonds. The number of hydrogen-bond donors (Lipinski definition) is 3. The van der Waals surface area contributed by atoms with Gasteiger partial charge in [0.25, 0.3) is 5.91 Å². The Kier molecular flexibility index (Phi) is 3.22. The van der Waals surface area contributed by atoms with Gasteiger partial charge in [-0.15, -0.1) is 0 Å². The average Bonchev–Trinajstić information content (AvgIpc) is 2.78. The summed E-state index contributed by atoms with van der Waals surface area (Å²) in [5, 5.41) is 11.7. The third-order valence-electron chi connectivity index (χ3n) is 3.77. The number of nitrogens with zero attached hydrogens (tertiary/aromatic N) is 2. The molecule has 2 fully saturated rings. The van der Waals surface area contributed by atoms with Crippen molar-refractivity contribution in [3.8, 4) is 5.75 Å². The minimum atomic E-state index is -4.58. The predicted molar refractivity (Wildman–Crippen MR) is 74.4 cm³/mol. The summed E-state index contributed by atoms with van der Waals surface area (Å²) in [6.07, 6.45) is 0.277. The molecule has 2 saturated heterocycles. The lowest BCUT2D eigenvalue weighted by atomic mass is 10.0. The van der Waals surface area contributed by atoms with Crippen molar-refractivity contribution in [2.75, 3.05) is 11.9 Å². The van der Waals surface area contributed by atoms with Crippen LogP contribution in [-0.4, -0.2) is 57.8 Å². The first-order chi connectivity index (χ1) is 10.3. The third kappa shape index (κ3) is 2.25. The molecule has 1 aromatic carbocycles. The van der Waals surface area contributed by atoms with Gasteiger partial charge in [-0.25, -0.2) is 9.10 Å². The van der Waals surface area contributed by atoms with E-state index in [2.05, 4.69) is 5.32 Å². The van der Waals surface area contributed by atoms with Gasteiger partial charge in [0.1, 0.15) is 11.8 Å². The highest BCUT2D eigenvalue weighted by atomic mass is 32.2. The number of nitrogens with one attached hydrogen (secondary N) is 1. The molecule has 0 aromatic heterocycles. The minimum absolute atomic E-state index is 0.0530. The SMILES string of the molecule is O=C(Nc1ccc(O)cc1)N1CC[C@@H]2[C@H]1C(=O)N2S(=O)(=O)O. The van der Waals surface area contributed by atoms with Gasteiger partial charge in [0.15, 0.2) is 0 Å². The lowest BCUT2D eigenvalue weighted by molar-refractivity contribution is -0.143. The van der Waals surface area contributed by atoms with Crippen molar-refractivity contribution in [3.63, 3.8) is 0 Å². The van der Waals surface area contributed by atoms with Gasteiger partial charge in [-0.1, -0.05) is 0 Å². The van der Waals surface area contributed by atoms with Crippen molar-refractivity contribution in [3.05, 3.63) is 24.3 Å². The van der Waals surface area contributed by atoms with E-state index in [4.69, 9.17) is 4.55 Å². The van der Waals surface area contributed by atoms with Crippen LogP contribution in [0.3, 0.4) is 0 Å². The molecule has 2 heterocycles. The van der Waals surface area contributed by atoms with Gasteiger partial charge in [-0.3, -0.25) is 9.35 Å². The summed E-state index contributed by atoms with van der Waals surface area (Å²) >= 11 is 0. The van der Waals surface area contributed by atoms with Crippen molar-refractivity contribution in [2.45, 2.75) is 18.5 Å². The van der Waals surface area contributed by atoms with E-state index in [0.29, 0.717) is 9.99 Å². The van der Waals surface area contributed by atoms with Gasteiger partial charge in [-0.2, -0.15) is 8.42 Å². The fourth-order valence-electron chi connectivity index (χ4n) is 2.78. The van der Waals surface area contributed by atoms with Crippen molar-refractivity contribution < 1.29 is 27.7 Å². The van der Waals surface area contributed by atoms with Crippen molar-refractivity contribution >= 4 is 27.9 Å². The van der Waals surface area contributed by atoms with Crippen LogP contribution in [0.4, 0.5) is 10.5 Å². The number of β-lactam (4-membered cyclic amide) rings is 1. The summed E-state index contributed by atoms with van der Waals surface area (Å²) in [4.78, 5) is 25.2. The number of benzene rings is 1. The number of phenols is 1. The summed E-state index contributed by atoms with van der Waals surface area (Å²) in [6.45, 7) is 0.205. The van der Waals surface area contributed by atoms with Crippen LogP contribution in [0, 0.1) is 0 Å². The smallest absolute Gasteiger partial charge is 0.362 e. The number of hydrogen-bond acceptors (Lipinski definition) is 5. The van der Waals surface area contributed by atoms with Crippen LogP contribution in [0.1, 0.15) is 6.42 Å². The maximum absolute atomic E-state index is 12.2. The highest BCUT2D eigenvalue weighted by Crippen LogP contribution is 2.35. The maximum atomic E-state index is 12.2. The van der Waals surface area contributed by atoms with E-state index in [-0.39, 0.29) is 18.7 Å².